The first-order valence-electron chi connectivity index (χ1n) is 8.96. The number of hydrogen-bond donors (Lipinski definition) is 1. The van der Waals surface area contributed by atoms with Crippen molar-refractivity contribution in [3.05, 3.63) is 51.0 Å². The molecule has 1 heterocycles. The number of rotatable bonds is 8. The van der Waals surface area contributed by atoms with Gasteiger partial charge in [-0.15, -0.1) is 5.10 Å². The van der Waals surface area contributed by atoms with E-state index in [-0.39, 0.29) is 19.2 Å². The molecule has 0 bridgehead atoms. The molecule has 1 N–H and O–H groups in total. The highest BCUT2D eigenvalue weighted by Gasteiger charge is 2.20. The second-order valence-corrected chi connectivity index (χ2v) is 9.71. The van der Waals surface area contributed by atoms with Crippen molar-refractivity contribution in [3.8, 4) is 5.88 Å². The molecule has 0 atom stereocenters. The molecule has 2 rings (SSSR count). The van der Waals surface area contributed by atoms with E-state index in [0.717, 1.165) is 5.41 Å². The van der Waals surface area contributed by atoms with E-state index in [4.69, 9.17) is 37.4 Å². The minimum atomic E-state index is -4.12. The molecule has 0 aliphatic heterocycles. The molecule has 2 aromatic rings. The smallest absolute Gasteiger partial charge is 0.421 e. The van der Waals surface area contributed by atoms with E-state index in [1.165, 1.54) is 23.9 Å². The fourth-order valence-electron chi connectivity index (χ4n) is 2.28. The number of hydrogen-bond acceptors (Lipinski definition) is 7. The van der Waals surface area contributed by atoms with Crippen LogP contribution in [-0.4, -0.2) is 43.8 Å². The molecule has 1 aromatic carbocycles. The minimum absolute atomic E-state index is 0.0413. The monoisotopic (exact) mass is 491 g/mol. The van der Waals surface area contributed by atoms with Gasteiger partial charge < -0.3 is 14.2 Å². The Bertz CT molecular complexity index is 1060. The number of carbonyl (C=O) groups is 1. The molecule has 1 amide bonds. The Balaban J connectivity index is 2.26. The Labute approximate surface area is 190 Å². The van der Waals surface area contributed by atoms with Gasteiger partial charge >= 0.3 is 6.09 Å². The van der Waals surface area contributed by atoms with Crippen LogP contribution in [0.2, 0.25) is 10.0 Å². The highest BCUT2D eigenvalue weighted by atomic mass is 35.5. The zero-order valence-electron chi connectivity index (χ0n) is 17.4. The summed E-state index contributed by atoms with van der Waals surface area (Å²) in [6.07, 6.45) is 0.186. The van der Waals surface area contributed by atoms with Gasteiger partial charge in [0.25, 0.3) is 10.0 Å². The van der Waals surface area contributed by atoms with Crippen molar-refractivity contribution in [1.82, 2.24) is 14.5 Å². The molecule has 0 aliphatic rings. The van der Waals surface area contributed by atoms with Gasteiger partial charge in [0.2, 0.25) is 5.88 Å². The molecule has 0 radical (unpaired) electrons. The van der Waals surface area contributed by atoms with Gasteiger partial charge in [0.05, 0.1) is 17.6 Å². The number of methoxy groups -OCH3 is 1. The van der Waals surface area contributed by atoms with E-state index in [9.17, 15) is 13.2 Å². The second-order valence-electron chi connectivity index (χ2n) is 7.30. The first-order valence-corrected chi connectivity index (χ1v) is 11.3. The number of amides is 1. The van der Waals surface area contributed by atoms with Gasteiger partial charge in [-0.2, -0.15) is 0 Å². The largest absolute Gasteiger partial charge is 0.449 e. The maximum absolute atomic E-state index is 12.2. The lowest BCUT2D eigenvalue weighted by Crippen LogP contribution is -2.35. The van der Waals surface area contributed by atoms with Crippen LogP contribution in [0.3, 0.4) is 0 Å². The number of nitrogens with one attached hydrogen (secondary N) is 1. The van der Waals surface area contributed by atoms with Crippen LogP contribution in [0.15, 0.2) is 29.7 Å². The van der Waals surface area contributed by atoms with Gasteiger partial charge in [-0.1, -0.05) is 29.3 Å². The van der Waals surface area contributed by atoms with E-state index in [1.807, 2.05) is 4.72 Å². The van der Waals surface area contributed by atoms with Crippen LogP contribution in [0.1, 0.15) is 32.0 Å². The van der Waals surface area contributed by atoms with Crippen LogP contribution in [0.5, 0.6) is 5.88 Å². The summed E-state index contributed by atoms with van der Waals surface area (Å²) in [4.78, 5) is 11.8. The molecule has 0 saturated carbocycles. The molecule has 0 aliphatic carbocycles. The predicted octanol–water partition coefficient (Wildman–Crippen LogP) is 4.05. The maximum Gasteiger partial charge on any atom is 0.421 e. The summed E-state index contributed by atoms with van der Waals surface area (Å²) in [6, 6.07) is 6.52. The summed E-state index contributed by atoms with van der Waals surface area (Å²) in [7, 11) is -2.66. The van der Waals surface area contributed by atoms with Crippen LogP contribution >= 0.6 is 23.2 Å². The lowest BCUT2D eigenvalue weighted by molar-refractivity contribution is 0.0473. The molecular formula is C19H23Cl2N3O6S. The third-order valence-electron chi connectivity index (χ3n) is 3.49. The fourth-order valence-corrected chi connectivity index (χ4v) is 3.41. The lowest BCUT2D eigenvalue weighted by Gasteiger charge is -2.19. The molecule has 1 aromatic heterocycles. The quantitative estimate of drug-likeness (QED) is 0.554. The van der Waals surface area contributed by atoms with Gasteiger partial charge in [0, 0.05) is 23.2 Å². The molecule has 170 valence electrons. The Morgan fingerprint density at radius 3 is 2.58 bits per heavy atom. The molecule has 31 heavy (non-hydrogen) atoms. The second kappa shape index (κ2) is 10.4. The molecule has 0 unspecified atom stereocenters. The van der Waals surface area contributed by atoms with E-state index in [0.29, 0.717) is 21.3 Å². The van der Waals surface area contributed by atoms with E-state index in [1.54, 1.807) is 39.0 Å². The fraction of sp³-hybridized carbons (Fsp3) is 0.368. The average molecular weight is 492 g/mol. The Morgan fingerprint density at radius 2 is 1.97 bits per heavy atom. The summed E-state index contributed by atoms with van der Waals surface area (Å²) < 4.78 is 42.9. The Kier molecular flexibility index (Phi) is 8.35. The number of benzene rings is 1. The topological polar surface area (TPSA) is 109 Å². The maximum atomic E-state index is 12.2. The van der Waals surface area contributed by atoms with Crippen molar-refractivity contribution in [2.24, 2.45) is 0 Å². The van der Waals surface area contributed by atoms with E-state index < -0.39 is 21.7 Å². The highest BCUT2D eigenvalue weighted by Crippen LogP contribution is 2.23. The van der Waals surface area contributed by atoms with Crippen LogP contribution in [0.4, 0.5) is 4.79 Å². The number of nitrogens with zero attached hydrogens (tertiary/aromatic N) is 2. The Hall–Kier alpha value is -2.27. The first kappa shape index (κ1) is 25.0. The molecule has 0 saturated heterocycles. The summed E-state index contributed by atoms with van der Waals surface area (Å²) >= 11 is 12.2. The standard InChI is InChI=1S/C19H23Cl2N3O6S/c1-19(2,3)30-18(25)23-31(26,27)8-7-15-10-17(29-12-28-4)22-24(15)11-13-5-6-14(20)9-16(13)21/h5-10H,11-12H2,1-4H3,(H,23,25). The lowest BCUT2D eigenvalue weighted by atomic mass is 10.2. The number of aromatic nitrogens is 2. The Morgan fingerprint density at radius 1 is 1.26 bits per heavy atom. The van der Waals surface area contributed by atoms with Gasteiger partial charge in [0.15, 0.2) is 6.79 Å². The third-order valence-corrected chi connectivity index (χ3v) is 5.02. The van der Waals surface area contributed by atoms with Crippen LogP contribution in [0, 0.1) is 0 Å². The molecule has 12 heteroatoms. The molecule has 9 nitrogen and oxygen atoms in total. The van der Waals surface area contributed by atoms with Gasteiger partial charge in [-0.05, 0) is 44.5 Å². The number of ether oxygens (including phenoxy) is 3. The van der Waals surface area contributed by atoms with E-state index >= 15 is 0 Å². The molecule has 0 spiro atoms. The van der Waals surface area contributed by atoms with E-state index in [2.05, 4.69) is 5.10 Å². The number of carbonyl (C=O) groups excluding carboxylic acids is 1. The van der Waals surface area contributed by atoms with Crippen molar-refractivity contribution < 1.29 is 27.4 Å². The average Bonchev–Trinajstić information content (AvgIpc) is 3.00. The minimum Gasteiger partial charge on any atom is -0.449 e. The number of sulfonamides is 1. The number of halogens is 2. The first-order chi connectivity index (χ1) is 14.4. The summed E-state index contributed by atoms with van der Waals surface area (Å²) in [5.74, 6) is 0.212. The van der Waals surface area contributed by atoms with Crippen molar-refractivity contribution in [1.29, 1.82) is 0 Å². The van der Waals surface area contributed by atoms with Crippen molar-refractivity contribution in [2.45, 2.75) is 32.9 Å². The summed E-state index contributed by atoms with van der Waals surface area (Å²) in [5, 5.41) is 6.02. The zero-order chi connectivity index (χ0) is 23.2. The van der Waals surface area contributed by atoms with Gasteiger partial charge in [-0.3, -0.25) is 4.68 Å². The van der Waals surface area contributed by atoms with Crippen molar-refractivity contribution in [3.63, 3.8) is 0 Å². The zero-order valence-corrected chi connectivity index (χ0v) is 19.7. The molecular weight excluding hydrogens is 469 g/mol. The SMILES string of the molecule is COCOc1cc(C=CS(=O)(=O)NC(=O)OC(C)(C)C)n(Cc2ccc(Cl)cc2Cl)n1. The van der Waals surface area contributed by atoms with Crippen LogP contribution < -0.4 is 9.46 Å². The molecule has 0 fully saturated rings. The van der Waals surface area contributed by atoms with Crippen LogP contribution in [-0.2, 0) is 26.0 Å². The summed E-state index contributed by atoms with van der Waals surface area (Å²) in [6.45, 7) is 5.04. The highest BCUT2D eigenvalue weighted by molar-refractivity contribution is 7.93. The van der Waals surface area contributed by atoms with Crippen molar-refractivity contribution in [2.75, 3.05) is 13.9 Å². The van der Waals surface area contributed by atoms with Crippen LogP contribution in [0.25, 0.3) is 6.08 Å². The van der Waals surface area contributed by atoms with Gasteiger partial charge in [-0.25, -0.2) is 17.9 Å². The van der Waals surface area contributed by atoms with Crippen molar-refractivity contribution >= 4 is 45.4 Å². The third kappa shape index (κ3) is 8.41. The normalized spacial score (nSPS) is 12.2. The summed E-state index contributed by atoms with van der Waals surface area (Å²) in [5.41, 5.74) is 0.247. The van der Waals surface area contributed by atoms with Gasteiger partial charge in [0.1, 0.15) is 5.60 Å². The predicted molar refractivity (Wildman–Crippen MR) is 118 cm³/mol.